The van der Waals surface area contributed by atoms with E-state index in [0.717, 1.165) is 22.3 Å². The highest BCUT2D eigenvalue weighted by molar-refractivity contribution is 6.02. The molecule has 0 unspecified atom stereocenters. The van der Waals surface area contributed by atoms with Crippen LogP contribution in [-0.2, 0) is 11.3 Å². The van der Waals surface area contributed by atoms with Gasteiger partial charge in [0.05, 0.1) is 13.1 Å². The molecule has 2 heterocycles. The van der Waals surface area contributed by atoms with Gasteiger partial charge < -0.3 is 11.1 Å². The fraction of sp³-hybridized carbons (Fsp3) is 0.273. The number of hydrogen-bond acceptors (Lipinski definition) is 4. The summed E-state index contributed by atoms with van der Waals surface area (Å²) >= 11 is 0. The number of carbonyl (C=O) groups is 1. The van der Waals surface area contributed by atoms with Gasteiger partial charge in [-0.1, -0.05) is 18.2 Å². The molecule has 1 aliphatic rings. The number of halogens is 2. The van der Waals surface area contributed by atoms with Crippen molar-refractivity contribution in [3.63, 3.8) is 0 Å². The summed E-state index contributed by atoms with van der Waals surface area (Å²) in [5.74, 6) is -2.84. The van der Waals surface area contributed by atoms with Gasteiger partial charge in [-0.15, -0.1) is 0 Å². The molecule has 0 radical (unpaired) electrons. The van der Waals surface area contributed by atoms with Gasteiger partial charge in [-0.25, -0.2) is 8.78 Å². The van der Waals surface area contributed by atoms with Crippen molar-refractivity contribution in [1.29, 1.82) is 0 Å². The first-order valence-corrected chi connectivity index (χ1v) is 9.38. The van der Waals surface area contributed by atoms with Gasteiger partial charge in [0, 0.05) is 42.8 Å². The van der Waals surface area contributed by atoms with Gasteiger partial charge in [0.15, 0.2) is 0 Å². The van der Waals surface area contributed by atoms with Crippen LogP contribution in [0.3, 0.4) is 0 Å². The van der Waals surface area contributed by atoms with Gasteiger partial charge in [-0.05, 0) is 47.9 Å². The fourth-order valence-electron chi connectivity index (χ4n) is 3.24. The summed E-state index contributed by atoms with van der Waals surface area (Å²) in [5, 5.41) is 2.79. The molecule has 1 fully saturated rings. The lowest BCUT2D eigenvalue weighted by Crippen LogP contribution is -2.55. The van der Waals surface area contributed by atoms with Crippen molar-refractivity contribution in [3.8, 4) is 0 Å². The number of likely N-dealkylation sites (tertiary alicyclic amines) is 1. The molecule has 0 spiro atoms. The van der Waals surface area contributed by atoms with Crippen LogP contribution in [-0.4, -0.2) is 41.3 Å². The minimum Gasteiger partial charge on any atom is -0.326 e. The lowest BCUT2D eigenvalue weighted by molar-refractivity contribution is -0.133. The van der Waals surface area contributed by atoms with E-state index < -0.39 is 5.92 Å². The molecule has 29 heavy (non-hydrogen) atoms. The van der Waals surface area contributed by atoms with Crippen LogP contribution in [0, 0.1) is 0 Å². The van der Waals surface area contributed by atoms with Crippen LogP contribution < -0.4 is 11.1 Å². The minimum absolute atomic E-state index is 0.203. The van der Waals surface area contributed by atoms with Crippen molar-refractivity contribution in [2.75, 3.05) is 25.0 Å². The molecule has 1 saturated heterocycles. The molecule has 0 aliphatic carbocycles. The maximum atomic E-state index is 12.9. The SMILES string of the molecule is C/C=C(\CN)c1ccncc1/C=C/C(=O)Nc1ccc(CN2CC(F)(F)C2)cc1. The maximum Gasteiger partial charge on any atom is 0.272 e. The zero-order valence-corrected chi connectivity index (χ0v) is 16.2. The number of anilines is 1. The Balaban J connectivity index is 1.58. The summed E-state index contributed by atoms with van der Waals surface area (Å²) in [6, 6.07) is 9.05. The van der Waals surface area contributed by atoms with Crippen molar-refractivity contribution in [2.24, 2.45) is 5.73 Å². The van der Waals surface area contributed by atoms with Crippen LogP contribution in [0.25, 0.3) is 11.6 Å². The van der Waals surface area contributed by atoms with E-state index >= 15 is 0 Å². The molecule has 3 rings (SSSR count). The molecule has 3 N–H and O–H groups in total. The average Bonchev–Trinajstić information content (AvgIpc) is 2.68. The Bertz CT molecular complexity index is 915. The summed E-state index contributed by atoms with van der Waals surface area (Å²) < 4.78 is 25.8. The van der Waals surface area contributed by atoms with Crippen molar-refractivity contribution in [2.45, 2.75) is 19.4 Å². The molecule has 2 aromatic rings. The topological polar surface area (TPSA) is 71.2 Å². The van der Waals surface area contributed by atoms with E-state index in [1.807, 2.05) is 31.2 Å². The van der Waals surface area contributed by atoms with Gasteiger partial charge >= 0.3 is 0 Å². The van der Waals surface area contributed by atoms with E-state index in [-0.39, 0.29) is 19.0 Å². The largest absolute Gasteiger partial charge is 0.326 e. The lowest BCUT2D eigenvalue weighted by Gasteiger charge is -2.38. The number of aromatic nitrogens is 1. The highest BCUT2D eigenvalue weighted by atomic mass is 19.3. The van der Waals surface area contributed by atoms with E-state index in [1.54, 1.807) is 35.5 Å². The average molecular weight is 398 g/mol. The molecule has 1 amide bonds. The Morgan fingerprint density at radius 1 is 1.28 bits per heavy atom. The molecular weight excluding hydrogens is 374 g/mol. The van der Waals surface area contributed by atoms with Crippen molar-refractivity contribution < 1.29 is 13.6 Å². The standard InChI is InChI=1S/C22H24F2N4O/c1-2-17(11-25)20-9-10-26-12-18(20)5-8-21(29)27-19-6-3-16(4-7-19)13-28-14-22(23,24)15-28/h2-10,12H,11,13-15,25H2,1H3,(H,27,29)/b8-5+,17-2+. The lowest BCUT2D eigenvalue weighted by atomic mass is 10.0. The first-order chi connectivity index (χ1) is 13.9. The van der Waals surface area contributed by atoms with Gasteiger partial charge in [0.25, 0.3) is 5.92 Å². The first kappa shape index (κ1) is 20.8. The van der Waals surface area contributed by atoms with Crippen LogP contribution in [0.5, 0.6) is 0 Å². The third-order valence-corrected chi connectivity index (χ3v) is 4.72. The number of amides is 1. The third kappa shape index (κ3) is 5.56. The normalized spacial score (nSPS) is 16.6. The number of nitrogens with zero attached hydrogens (tertiary/aromatic N) is 2. The number of alkyl halides is 2. The number of hydrogen-bond donors (Lipinski definition) is 2. The summed E-state index contributed by atoms with van der Waals surface area (Å²) in [6.07, 6.45) is 8.46. The number of rotatable bonds is 7. The Labute approximate surface area is 168 Å². The zero-order chi connectivity index (χ0) is 20.9. The van der Waals surface area contributed by atoms with E-state index in [9.17, 15) is 13.6 Å². The number of nitrogens with two attached hydrogens (primary N) is 1. The van der Waals surface area contributed by atoms with Crippen molar-refractivity contribution >= 4 is 23.2 Å². The molecular formula is C22H24F2N4O. The van der Waals surface area contributed by atoms with E-state index in [1.165, 1.54) is 6.08 Å². The van der Waals surface area contributed by atoms with E-state index in [4.69, 9.17) is 5.73 Å². The molecule has 1 aromatic heterocycles. The number of benzene rings is 1. The van der Waals surface area contributed by atoms with Gasteiger partial charge in [-0.2, -0.15) is 0 Å². The van der Waals surface area contributed by atoms with Crippen LogP contribution in [0.1, 0.15) is 23.6 Å². The minimum atomic E-state index is -2.56. The number of nitrogens with one attached hydrogen (secondary N) is 1. The Hall–Kier alpha value is -2.90. The smallest absolute Gasteiger partial charge is 0.272 e. The van der Waals surface area contributed by atoms with Crippen LogP contribution >= 0.6 is 0 Å². The highest BCUT2D eigenvalue weighted by Crippen LogP contribution is 2.28. The van der Waals surface area contributed by atoms with Crippen molar-refractivity contribution in [3.05, 3.63) is 71.6 Å². The van der Waals surface area contributed by atoms with Gasteiger partial charge in [-0.3, -0.25) is 14.7 Å². The highest BCUT2D eigenvalue weighted by Gasteiger charge is 2.43. The number of pyridine rings is 1. The first-order valence-electron chi connectivity index (χ1n) is 9.38. The van der Waals surface area contributed by atoms with Crippen LogP contribution in [0.2, 0.25) is 0 Å². The zero-order valence-electron chi connectivity index (χ0n) is 16.2. The quantitative estimate of drug-likeness (QED) is 0.700. The van der Waals surface area contributed by atoms with E-state index in [2.05, 4.69) is 10.3 Å². The number of carbonyl (C=O) groups excluding carboxylic acids is 1. The summed E-state index contributed by atoms with van der Waals surface area (Å²) in [5.41, 5.74) is 10.1. The number of allylic oxidation sites excluding steroid dienone is 1. The van der Waals surface area contributed by atoms with Crippen LogP contribution in [0.15, 0.2) is 54.9 Å². The maximum absolute atomic E-state index is 12.9. The molecule has 152 valence electrons. The summed E-state index contributed by atoms with van der Waals surface area (Å²) in [4.78, 5) is 18.0. The molecule has 0 bridgehead atoms. The molecule has 5 nitrogen and oxygen atoms in total. The second-order valence-electron chi connectivity index (χ2n) is 7.00. The molecule has 0 saturated carbocycles. The third-order valence-electron chi connectivity index (χ3n) is 4.72. The second kappa shape index (κ2) is 9.07. The second-order valence-corrected chi connectivity index (χ2v) is 7.00. The predicted octanol–water partition coefficient (Wildman–Crippen LogP) is 3.55. The molecule has 7 heteroatoms. The van der Waals surface area contributed by atoms with Crippen molar-refractivity contribution in [1.82, 2.24) is 9.88 Å². The Morgan fingerprint density at radius 2 is 2.00 bits per heavy atom. The van der Waals surface area contributed by atoms with Crippen LogP contribution in [0.4, 0.5) is 14.5 Å². The van der Waals surface area contributed by atoms with Gasteiger partial charge in [0.1, 0.15) is 0 Å². The summed E-state index contributed by atoms with van der Waals surface area (Å²) in [7, 11) is 0. The Kier molecular flexibility index (Phi) is 6.51. The molecule has 1 aromatic carbocycles. The monoisotopic (exact) mass is 398 g/mol. The summed E-state index contributed by atoms with van der Waals surface area (Å²) in [6.45, 7) is 2.38. The van der Waals surface area contributed by atoms with E-state index in [0.29, 0.717) is 18.8 Å². The van der Waals surface area contributed by atoms with Gasteiger partial charge in [0.2, 0.25) is 5.91 Å². The molecule has 1 aliphatic heterocycles. The fourth-order valence-corrected chi connectivity index (χ4v) is 3.24. The Morgan fingerprint density at radius 3 is 2.62 bits per heavy atom. The molecule has 0 atom stereocenters. The predicted molar refractivity (Wildman–Crippen MR) is 111 cm³/mol.